The van der Waals surface area contributed by atoms with E-state index < -0.39 is 11.9 Å². The molecule has 80 valence electrons. The minimum atomic E-state index is -0.592. The van der Waals surface area contributed by atoms with Crippen molar-refractivity contribution < 1.29 is 9.59 Å². The summed E-state index contributed by atoms with van der Waals surface area (Å²) in [5.41, 5.74) is 5.67. The lowest BCUT2D eigenvalue weighted by Gasteiger charge is -2.07. The van der Waals surface area contributed by atoms with Crippen LogP contribution in [-0.2, 0) is 4.79 Å². The molecule has 15 heavy (non-hydrogen) atoms. The molecule has 6 heteroatoms. The molecule has 0 atom stereocenters. The summed E-state index contributed by atoms with van der Waals surface area (Å²) < 4.78 is 0.946. The van der Waals surface area contributed by atoms with Crippen molar-refractivity contribution in [3.8, 4) is 0 Å². The molecule has 3 N–H and O–H groups in total. The standard InChI is InChI=1S/C9H10BrN3O2/c1-6(14)11-9(15)13-12-8-4-2-7(10)3-5-8/h2-5,12H,1H3,(H2,11,13,14,15). The van der Waals surface area contributed by atoms with Gasteiger partial charge in [0.2, 0.25) is 5.91 Å². The summed E-state index contributed by atoms with van der Waals surface area (Å²) >= 11 is 3.29. The van der Waals surface area contributed by atoms with Crippen molar-refractivity contribution in [2.75, 3.05) is 5.43 Å². The number of imide groups is 1. The van der Waals surface area contributed by atoms with Crippen LogP contribution in [0.5, 0.6) is 0 Å². The SMILES string of the molecule is CC(=O)NC(=O)NNc1ccc(Br)cc1. The fourth-order valence-corrected chi connectivity index (χ4v) is 1.12. The van der Waals surface area contributed by atoms with E-state index in [1.54, 1.807) is 12.1 Å². The second kappa shape index (κ2) is 5.35. The number of benzene rings is 1. The number of rotatable bonds is 2. The second-order valence-electron chi connectivity index (χ2n) is 2.77. The van der Waals surface area contributed by atoms with Crippen molar-refractivity contribution in [1.82, 2.24) is 10.7 Å². The molecule has 0 saturated carbocycles. The molecule has 0 heterocycles. The zero-order valence-corrected chi connectivity index (χ0v) is 9.59. The van der Waals surface area contributed by atoms with Crippen molar-refractivity contribution in [2.45, 2.75) is 6.92 Å². The van der Waals surface area contributed by atoms with Crippen LogP contribution in [0.25, 0.3) is 0 Å². The molecule has 0 unspecified atom stereocenters. The van der Waals surface area contributed by atoms with E-state index >= 15 is 0 Å². The molecule has 0 saturated heterocycles. The van der Waals surface area contributed by atoms with E-state index in [-0.39, 0.29) is 0 Å². The molecule has 0 aliphatic rings. The van der Waals surface area contributed by atoms with Crippen molar-refractivity contribution >= 4 is 33.6 Å². The van der Waals surface area contributed by atoms with E-state index in [4.69, 9.17) is 0 Å². The van der Waals surface area contributed by atoms with Crippen LogP contribution in [0, 0.1) is 0 Å². The maximum absolute atomic E-state index is 11.0. The molecule has 0 radical (unpaired) electrons. The first-order valence-electron chi connectivity index (χ1n) is 4.17. The molecule has 5 nitrogen and oxygen atoms in total. The Bertz CT molecular complexity index is 364. The Hall–Kier alpha value is -1.56. The smallest absolute Gasteiger partial charge is 0.297 e. The zero-order valence-electron chi connectivity index (χ0n) is 8.00. The van der Waals surface area contributed by atoms with E-state index in [0.29, 0.717) is 0 Å². The monoisotopic (exact) mass is 271 g/mol. The molecule has 1 rings (SSSR count). The Morgan fingerprint density at radius 2 is 1.80 bits per heavy atom. The molecule has 0 spiro atoms. The van der Waals surface area contributed by atoms with Crippen molar-refractivity contribution in [1.29, 1.82) is 0 Å². The van der Waals surface area contributed by atoms with Crippen LogP contribution in [0.3, 0.4) is 0 Å². The van der Waals surface area contributed by atoms with Gasteiger partial charge in [0.1, 0.15) is 0 Å². The molecule has 0 aliphatic carbocycles. The van der Waals surface area contributed by atoms with Crippen LogP contribution in [0.4, 0.5) is 10.5 Å². The summed E-state index contributed by atoms with van der Waals surface area (Å²) in [4.78, 5) is 21.5. The number of amides is 3. The summed E-state index contributed by atoms with van der Waals surface area (Å²) in [6, 6.07) is 6.61. The molecular formula is C9H10BrN3O2. The highest BCUT2D eigenvalue weighted by Gasteiger charge is 2.00. The first kappa shape index (κ1) is 11.5. The molecule has 0 bridgehead atoms. The van der Waals surface area contributed by atoms with Crippen LogP contribution in [0.2, 0.25) is 0 Å². The van der Waals surface area contributed by atoms with E-state index in [9.17, 15) is 9.59 Å². The Kier molecular flexibility index (Phi) is 4.11. The van der Waals surface area contributed by atoms with Gasteiger partial charge in [0.15, 0.2) is 0 Å². The van der Waals surface area contributed by atoms with Crippen molar-refractivity contribution in [3.63, 3.8) is 0 Å². The van der Waals surface area contributed by atoms with Crippen LogP contribution in [-0.4, -0.2) is 11.9 Å². The quantitative estimate of drug-likeness (QED) is 0.716. The van der Waals surface area contributed by atoms with Gasteiger partial charge in [-0.3, -0.25) is 21.0 Å². The maximum atomic E-state index is 11.0. The number of anilines is 1. The van der Waals surface area contributed by atoms with Crippen LogP contribution in [0.15, 0.2) is 28.7 Å². The van der Waals surface area contributed by atoms with Gasteiger partial charge < -0.3 is 0 Å². The number of nitrogens with one attached hydrogen (secondary N) is 3. The second-order valence-corrected chi connectivity index (χ2v) is 3.68. The first-order valence-corrected chi connectivity index (χ1v) is 4.96. The van der Waals surface area contributed by atoms with Gasteiger partial charge in [-0.15, -0.1) is 0 Å². The predicted molar refractivity (Wildman–Crippen MR) is 60.1 cm³/mol. The number of carbonyl (C=O) groups excluding carboxylic acids is 2. The van der Waals surface area contributed by atoms with Gasteiger partial charge in [0, 0.05) is 11.4 Å². The van der Waals surface area contributed by atoms with Crippen LogP contribution in [0.1, 0.15) is 6.92 Å². The fourth-order valence-electron chi connectivity index (χ4n) is 0.853. The number of hydrogen-bond donors (Lipinski definition) is 3. The highest BCUT2D eigenvalue weighted by molar-refractivity contribution is 9.10. The third-order valence-corrected chi connectivity index (χ3v) is 1.98. The van der Waals surface area contributed by atoms with E-state index in [0.717, 1.165) is 10.2 Å². The summed E-state index contributed by atoms with van der Waals surface area (Å²) in [6.45, 7) is 1.26. The average molecular weight is 272 g/mol. The Labute approximate surface area is 95.3 Å². The highest BCUT2D eigenvalue weighted by atomic mass is 79.9. The normalized spacial score (nSPS) is 9.20. The average Bonchev–Trinajstić information content (AvgIpc) is 2.16. The van der Waals surface area contributed by atoms with Crippen LogP contribution < -0.4 is 16.2 Å². The molecule has 0 fully saturated rings. The Balaban J connectivity index is 2.40. The third-order valence-electron chi connectivity index (χ3n) is 1.45. The Morgan fingerprint density at radius 1 is 1.20 bits per heavy atom. The molecule has 3 amide bonds. The zero-order chi connectivity index (χ0) is 11.3. The number of urea groups is 1. The minimum absolute atomic E-state index is 0.412. The summed E-state index contributed by atoms with van der Waals surface area (Å²) in [5, 5.41) is 2.06. The topological polar surface area (TPSA) is 70.2 Å². The van der Waals surface area contributed by atoms with Gasteiger partial charge in [-0.25, -0.2) is 4.79 Å². The van der Waals surface area contributed by atoms with Gasteiger partial charge in [0.05, 0.1) is 5.69 Å². The molecule has 0 aromatic heterocycles. The largest absolute Gasteiger partial charge is 0.340 e. The molecule has 1 aromatic rings. The summed E-state index contributed by atoms with van der Waals surface area (Å²) in [7, 11) is 0. The van der Waals surface area contributed by atoms with Gasteiger partial charge in [-0.1, -0.05) is 15.9 Å². The number of halogens is 1. The lowest BCUT2D eigenvalue weighted by molar-refractivity contribution is -0.117. The molecular weight excluding hydrogens is 262 g/mol. The van der Waals surface area contributed by atoms with Gasteiger partial charge in [0.25, 0.3) is 0 Å². The van der Waals surface area contributed by atoms with E-state index in [1.807, 2.05) is 12.1 Å². The Morgan fingerprint density at radius 3 is 2.33 bits per heavy atom. The minimum Gasteiger partial charge on any atom is -0.297 e. The number of hydrogen-bond acceptors (Lipinski definition) is 3. The van der Waals surface area contributed by atoms with Crippen molar-refractivity contribution in [2.24, 2.45) is 0 Å². The van der Waals surface area contributed by atoms with Crippen molar-refractivity contribution in [3.05, 3.63) is 28.7 Å². The van der Waals surface area contributed by atoms with Gasteiger partial charge in [-0.05, 0) is 24.3 Å². The number of hydrazine groups is 1. The lowest BCUT2D eigenvalue weighted by Crippen LogP contribution is -2.41. The number of carbonyl (C=O) groups is 2. The predicted octanol–water partition coefficient (Wildman–Crippen LogP) is 1.62. The highest BCUT2D eigenvalue weighted by Crippen LogP contribution is 2.12. The summed E-state index contributed by atoms with van der Waals surface area (Å²) in [5.74, 6) is -0.412. The van der Waals surface area contributed by atoms with E-state index in [1.165, 1.54) is 6.92 Å². The fraction of sp³-hybridized carbons (Fsp3) is 0.111. The first-order chi connectivity index (χ1) is 7.08. The van der Waals surface area contributed by atoms with Crippen LogP contribution >= 0.6 is 15.9 Å². The lowest BCUT2D eigenvalue weighted by atomic mass is 10.3. The third kappa shape index (κ3) is 4.46. The molecule has 0 aliphatic heterocycles. The van der Waals surface area contributed by atoms with Gasteiger partial charge >= 0.3 is 6.03 Å². The molecule has 1 aromatic carbocycles. The van der Waals surface area contributed by atoms with E-state index in [2.05, 4.69) is 32.1 Å². The van der Waals surface area contributed by atoms with Gasteiger partial charge in [-0.2, -0.15) is 0 Å². The summed E-state index contributed by atoms with van der Waals surface area (Å²) in [6.07, 6.45) is 0. The maximum Gasteiger partial charge on any atom is 0.340 e.